The summed E-state index contributed by atoms with van der Waals surface area (Å²) in [6.45, 7) is 0. The minimum absolute atomic E-state index is 0.287. The molecular weight excluding hydrogens is 244 g/mol. The van der Waals surface area contributed by atoms with Crippen molar-refractivity contribution in [2.24, 2.45) is 0 Å². The zero-order valence-corrected chi connectivity index (χ0v) is 11.1. The summed E-state index contributed by atoms with van der Waals surface area (Å²) < 4.78 is 20.8. The van der Waals surface area contributed by atoms with Crippen LogP contribution in [0.2, 0.25) is 0 Å². The van der Waals surface area contributed by atoms with Crippen LogP contribution in [0, 0.1) is 0 Å². The maximum atomic E-state index is 10.4. The van der Waals surface area contributed by atoms with Gasteiger partial charge < -0.3 is 4.55 Å². The summed E-state index contributed by atoms with van der Waals surface area (Å²) in [5.41, 5.74) is 1.36. The lowest BCUT2D eigenvalue weighted by molar-refractivity contribution is 0.532. The van der Waals surface area contributed by atoms with Crippen LogP contribution in [0.4, 0.5) is 0 Å². The van der Waals surface area contributed by atoms with Gasteiger partial charge in [-0.15, -0.1) is 0 Å². The third-order valence-corrected chi connectivity index (χ3v) is 3.76. The minimum atomic E-state index is -1.89. The van der Waals surface area contributed by atoms with Crippen molar-refractivity contribution in [3.05, 3.63) is 48.0 Å². The highest BCUT2D eigenvalue weighted by Gasteiger charge is 1.99. The Kier molecular flexibility index (Phi) is 4.90. The molecule has 1 unspecified atom stereocenters. The second-order valence-corrected chi connectivity index (χ2v) is 5.47. The quantitative estimate of drug-likeness (QED) is 0.590. The number of aryl methyl sites for hydroxylation is 1. The van der Waals surface area contributed by atoms with E-state index in [-0.39, 0.29) is 5.75 Å². The Morgan fingerprint density at radius 3 is 2.56 bits per heavy atom. The summed E-state index contributed by atoms with van der Waals surface area (Å²) in [6.07, 6.45) is 3.80. The molecule has 0 heterocycles. The number of hydrogen-bond donors (Lipinski definition) is 0. The fourth-order valence-electron chi connectivity index (χ4n) is 2.22. The van der Waals surface area contributed by atoms with Crippen molar-refractivity contribution in [1.29, 1.82) is 0 Å². The fourth-order valence-corrected chi connectivity index (χ4v) is 2.66. The smallest absolute Gasteiger partial charge is 0.0102 e. The summed E-state index contributed by atoms with van der Waals surface area (Å²) >= 11 is -1.89. The van der Waals surface area contributed by atoms with E-state index in [9.17, 15) is 8.76 Å². The van der Waals surface area contributed by atoms with Crippen molar-refractivity contribution in [1.82, 2.24) is 0 Å². The van der Waals surface area contributed by atoms with E-state index in [1.807, 2.05) is 0 Å². The molecule has 0 bridgehead atoms. The molecule has 0 radical (unpaired) electrons. The molecular formula is C15H17O2S-. The molecule has 0 aromatic heterocycles. The van der Waals surface area contributed by atoms with Crippen LogP contribution >= 0.6 is 0 Å². The van der Waals surface area contributed by atoms with E-state index in [0.29, 0.717) is 0 Å². The van der Waals surface area contributed by atoms with E-state index in [1.54, 1.807) is 0 Å². The van der Waals surface area contributed by atoms with Gasteiger partial charge in [-0.05, 0) is 35.6 Å². The highest BCUT2D eigenvalue weighted by molar-refractivity contribution is 7.79. The number of hydrogen-bond acceptors (Lipinski definition) is 2. The van der Waals surface area contributed by atoms with E-state index in [2.05, 4.69) is 42.5 Å². The molecule has 0 aliphatic carbocycles. The lowest BCUT2D eigenvalue weighted by atomic mass is 10.00. The van der Waals surface area contributed by atoms with Gasteiger partial charge in [-0.2, -0.15) is 0 Å². The fraction of sp³-hybridized carbons (Fsp3) is 0.333. The van der Waals surface area contributed by atoms with Gasteiger partial charge in [0.25, 0.3) is 0 Å². The topological polar surface area (TPSA) is 40.1 Å². The summed E-state index contributed by atoms with van der Waals surface area (Å²) in [6, 6.07) is 14.8. The maximum Gasteiger partial charge on any atom is 0.0102 e. The summed E-state index contributed by atoms with van der Waals surface area (Å²) in [7, 11) is 0. The first kappa shape index (κ1) is 13.2. The highest BCUT2D eigenvalue weighted by atomic mass is 32.2. The van der Waals surface area contributed by atoms with Crippen molar-refractivity contribution in [3.63, 3.8) is 0 Å². The monoisotopic (exact) mass is 261 g/mol. The highest BCUT2D eigenvalue weighted by Crippen LogP contribution is 2.20. The molecule has 1 atom stereocenters. The lowest BCUT2D eigenvalue weighted by Crippen LogP contribution is -1.95. The van der Waals surface area contributed by atoms with Gasteiger partial charge in [0.05, 0.1) is 0 Å². The maximum absolute atomic E-state index is 10.4. The Labute approximate surface area is 110 Å². The van der Waals surface area contributed by atoms with Crippen molar-refractivity contribution < 1.29 is 8.76 Å². The van der Waals surface area contributed by atoms with Gasteiger partial charge >= 0.3 is 0 Å². The standard InChI is InChI=1S/C15H18O2S/c16-18(17)12-5-1-2-7-13-9-6-10-14-8-3-4-11-15(13)14/h3-4,6,8-11H,1-2,5,7,12H2,(H,16,17)/p-1. The zero-order valence-electron chi connectivity index (χ0n) is 10.3. The molecule has 2 rings (SSSR count). The van der Waals surface area contributed by atoms with E-state index in [4.69, 9.17) is 0 Å². The normalized spacial score (nSPS) is 12.7. The van der Waals surface area contributed by atoms with E-state index >= 15 is 0 Å². The van der Waals surface area contributed by atoms with Crippen molar-refractivity contribution >= 4 is 21.9 Å². The van der Waals surface area contributed by atoms with Crippen LogP contribution in [0.25, 0.3) is 10.8 Å². The minimum Gasteiger partial charge on any atom is -0.772 e. The molecule has 2 aromatic carbocycles. The predicted molar refractivity (Wildman–Crippen MR) is 75.3 cm³/mol. The molecule has 0 N–H and O–H groups in total. The van der Waals surface area contributed by atoms with Gasteiger partial charge in [-0.1, -0.05) is 60.0 Å². The molecule has 2 aromatic rings. The van der Waals surface area contributed by atoms with Gasteiger partial charge in [0.2, 0.25) is 0 Å². The first-order valence-electron chi connectivity index (χ1n) is 6.30. The molecule has 0 amide bonds. The Balaban J connectivity index is 1.93. The molecule has 0 saturated carbocycles. The molecule has 0 aliphatic rings. The van der Waals surface area contributed by atoms with Crippen LogP contribution < -0.4 is 0 Å². The van der Waals surface area contributed by atoms with Crippen LogP contribution in [-0.4, -0.2) is 14.5 Å². The number of rotatable bonds is 6. The van der Waals surface area contributed by atoms with Crippen LogP contribution in [-0.2, 0) is 17.5 Å². The largest absolute Gasteiger partial charge is 0.772 e. The van der Waals surface area contributed by atoms with Gasteiger partial charge in [-0.25, -0.2) is 0 Å². The SMILES string of the molecule is O=S([O-])CCCCCc1cccc2ccccc12. The van der Waals surface area contributed by atoms with Gasteiger partial charge in [0.15, 0.2) is 0 Å². The van der Waals surface area contributed by atoms with Crippen LogP contribution in [0.5, 0.6) is 0 Å². The Hall–Kier alpha value is -1.19. The van der Waals surface area contributed by atoms with E-state index < -0.39 is 11.1 Å². The van der Waals surface area contributed by atoms with Gasteiger partial charge in [0.1, 0.15) is 0 Å². The molecule has 0 spiro atoms. The van der Waals surface area contributed by atoms with Crippen LogP contribution in [0.1, 0.15) is 24.8 Å². The first-order valence-corrected chi connectivity index (χ1v) is 7.54. The predicted octanol–water partition coefficient (Wildman–Crippen LogP) is 3.43. The van der Waals surface area contributed by atoms with Gasteiger partial charge in [0, 0.05) is 5.75 Å². The molecule has 0 fully saturated rings. The second kappa shape index (κ2) is 6.66. The molecule has 96 valence electrons. The zero-order chi connectivity index (χ0) is 12.8. The summed E-state index contributed by atoms with van der Waals surface area (Å²) in [4.78, 5) is 0. The van der Waals surface area contributed by atoms with E-state index in [1.165, 1.54) is 16.3 Å². The Bertz CT molecular complexity index is 532. The van der Waals surface area contributed by atoms with Crippen molar-refractivity contribution in [3.8, 4) is 0 Å². The molecule has 0 saturated heterocycles. The molecule has 2 nitrogen and oxygen atoms in total. The third kappa shape index (κ3) is 3.65. The number of benzene rings is 2. The lowest BCUT2D eigenvalue weighted by Gasteiger charge is -2.07. The van der Waals surface area contributed by atoms with Crippen molar-refractivity contribution in [2.75, 3.05) is 5.75 Å². The molecule has 18 heavy (non-hydrogen) atoms. The Morgan fingerprint density at radius 2 is 1.72 bits per heavy atom. The van der Waals surface area contributed by atoms with Gasteiger partial charge in [-0.3, -0.25) is 4.21 Å². The molecule has 0 aliphatic heterocycles. The first-order chi connectivity index (χ1) is 8.77. The van der Waals surface area contributed by atoms with Crippen molar-refractivity contribution in [2.45, 2.75) is 25.7 Å². The average Bonchev–Trinajstić information content (AvgIpc) is 2.38. The second-order valence-electron chi connectivity index (χ2n) is 4.46. The van der Waals surface area contributed by atoms with Crippen LogP contribution in [0.15, 0.2) is 42.5 Å². The molecule has 3 heteroatoms. The Morgan fingerprint density at radius 1 is 0.944 bits per heavy atom. The number of unbranched alkanes of at least 4 members (excludes halogenated alkanes) is 2. The summed E-state index contributed by atoms with van der Waals surface area (Å²) in [5, 5.41) is 2.59. The summed E-state index contributed by atoms with van der Waals surface area (Å²) in [5.74, 6) is 0.287. The third-order valence-electron chi connectivity index (χ3n) is 3.14. The van der Waals surface area contributed by atoms with Crippen LogP contribution in [0.3, 0.4) is 0 Å². The van der Waals surface area contributed by atoms with E-state index in [0.717, 1.165) is 25.7 Å². The number of fused-ring (bicyclic) bond motifs is 1. The average molecular weight is 261 g/mol.